The molecular weight excluding hydrogens is 368 g/mol. The number of nitrogens with two attached hydrogens (primary N) is 1. The van der Waals surface area contributed by atoms with Crippen molar-refractivity contribution in [2.24, 2.45) is 0 Å². The lowest BCUT2D eigenvalue weighted by molar-refractivity contribution is 0.108. The van der Waals surface area contributed by atoms with Crippen LogP contribution < -0.4 is 21.1 Å². The van der Waals surface area contributed by atoms with Crippen LogP contribution in [0.5, 0.6) is 5.75 Å². The fourth-order valence-electron chi connectivity index (χ4n) is 2.87. The average molecular weight is 394 g/mol. The summed E-state index contributed by atoms with van der Waals surface area (Å²) in [4.78, 5) is 13.5. The van der Waals surface area contributed by atoms with Crippen molar-refractivity contribution in [3.8, 4) is 28.4 Å². The number of nitrogens with one attached hydrogen (secondary N) is 2. The SMILES string of the molecule is CNCC(O)COc1cccc(-c2nc(N)c(C)c(-c3ccnc(NC)c3)n2)c1. The highest BCUT2D eigenvalue weighted by molar-refractivity contribution is 5.72. The number of nitrogens with zero attached hydrogens (tertiary/aromatic N) is 3. The fourth-order valence-corrected chi connectivity index (χ4v) is 2.87. The highest BCUT2D eigenvalue weighted by Gasteiger charge is 2.14. The van der Waals surface area contributed by atoms with Crippen LogP contribution in [0.2, 0.25) is 0 Å². The molecule has 0 fully saturated rings. The lowest BCUT2D eigenvalue weighted by Crippen LogP contribution is -2.29. The van der Waals surface area contributed by atoms with Gasteiger partial charge in [0.2, 0.25) is 0 Å². The molecule has 0 saturated heterocycles. The first-order chi connectivity index (χ1) is 14.0. The molecule has 152 valence electrons. The van der Waals surface area contributed by atoms with Gasteiger partial charge in [0.25, 0.3) is 0 Å². The highest BCUT2D eigenvalue weighted by Crippen LogP contribution is 2.29. The van der Waals surface area contributed by atoms with Crippen molar-refractivity contribution in [3.05, 3.63) is 48.2 Å². The van der Waals surface area contributed by atoms with Crippen LogP contribution >= 0.6 is 0 Å². The molecule has 1 aromatic carbocycles. The van der Waals surface area contributed by atoms with Gasteiger partial charge in [-0.2, -0.15) is 0 Å². The van der Waals surface area contributed by atoms with Crippen LogP contribution in [0.25, 0.3) is 22.6 Å². The van der Waals surface area contributed by atoms with Gasteiger partial charge in [-0.05, 0) is 38.2 Å². The van der Waals surface area contributed by atoms with Gasteiger partial charge in [0, 0.05) is 36.5 Å². The minimum atomic E-state index is -0.588. The summed E-state index contributed by atoms with van der Waals surface area (Å²) in [6.07, 6.45) is 1.14. The van der Waals surface area contributed by atoms with Gasteiger partial charge in [-0.25, -0.2) is 15.0 Å². The molecule has 0 amide bonds. The smallest absolute Gasteiger partial charge is 0.162 e. The Kier molecular flexibility index (Phi) is 6.58. The Labute approximate surface area is 170 Å². The summed E-state index contributed by atoms with van der Waals surface area (Å²) in [6.45, 7) is 2.55. The lowest BCUT2D eigenvalue weighted by atomic mass is 10.1. The molecule has 3 aromatic rings. The zero-order valence-corrected chi connectivity index (χ0v) is 16.8. The molecule has 3 rings (SSSR count). The van der Waals surface area contributed by atoms with E-state index >= 15 is 0 Å². The topological polar surface area (TPSA) is 118 Å². The molecule has 0 aliphatic heterocycles. The third-order valence-corrected chi connectivity index (χ3v) is 4.45. The van der Waals surface area contributed by atoms with E-state index in [0.717, 1.165) is 28.2 Å². The summed E-state index contributed by atoms with van der Waals surface area (Å²) in [5, 5.41) is 15.8. The van der Waals surface area contributed by atoms with E-state index in [-0.39, 0.29) is 6.61 Å². The van der Waals surface area contributed by atoms with E-state index in [9.17, 15) is 5.11 Å². The highest BCUT2D eigenvalue weighted by atomic mass is 16.5. The first-order valence-corrected chi connectivity index (χ1v) is 9.36. The Morgan fingerprint density at radius 3 is 2.72 bits per heavy atom. The number of aliphatic hydroxyl groups is 1. The van der Waals surface area contributed by atoms with Gasteiger partial charge in [-0.3, -0.25) is 0 Å². The van der Waals surface area contributed by atoms with Crippen LogP contribution in [0, 0.1) is 6.92 Å². The van der Waals surface area contributed by atoms with E-state index in [1.54, 1.807) is 13.2 Å². The number of ether oxygens (including phenoxy) is 1. The van der Waals surface area contributed by atoms with Crippen LogP contribution in [-0.2, 0) is 0 Å². The molecular formula is C21H26N6O2. The Morgan fingerprint density at radius 2 is 1.97 bits per heavy atom. The second kappa shape index (κ2) is 9.31. The number of rotatable bonds is 8. The minimum Gasteiger partial charge on any atom is -0.491 e. The molecule has 2 aromatic heterocycles. The normalized spacial score (nSPS) is 11.9. The van der Waals surface area contributed by atoms with Crippen LogP contribution in [0.3, 0.4) is 0 Å². The summed E-state index contributed by atoms with van der Waals surface area (Å²) >= 11 is 0. The minimum absolute atomic E-state index is 0.191. The monoisotopic (exact) mass is 394 g/mol. The first kappa shape index (κ1) is 20.5. The lowest BCUT2D eigenvalue weighted by Gasteiger charge is -2.13. The van der Waals surface area contributed by atoms with Crippen molar-refractivity contribution in [3.63, 3.8) is 0 Å². The third-order valence-electron chi connectivity index (χ3n) is 4.45. The quantitative estimate of drug-likeness (QED) is 0.459. The number of anilines is 2. The van der Waals surface area contributed by atoms with E-state index in [0.29, 0.717) is 23.9 Å². The van der Waals surface area contributed by atoms with Gasteiger partial charge in [-0.1, -0.05) is 12.1 Å². The van der Waals surface area contributed by atoms with Crippen LogP contribution in [0.1, 0.15) is 5.56 Å². The van der Waals surface area contributed by atoms with Crippen molar-refractivity contribution in [2.75, 3.05) is 38.3 Å². The Morgan fingerprint density at radius 1 is 1.14 bits per heavy atom. The molecule has 8 nitrogen and oxygen atoms in total. The fraction of sp³-hybridized carbons (Fsp3) is 0.286. The summed E-state index contributed by atoms with van der Waals surface area (Å²) in [6, 6.07) is 11.2. The van der Waals surface area contributed by atoms with Crippen molar-refractivity contribution in [1.82, 2.24) is 20.3 Å². The number of hydrogen-bond acceptors (Lipinski definition) is 8. The maximum atomic E-state index is 9.83. The zero-order chi connectivity index (χ0) is 20.8. The average Bonchev–Trinajstić information content (AvgIpc) is 2.74. The summed E-state index contributed by atoms with van der Waals surface area (Å²) in [5.41, 5.74) is 9.43. The van der Waals surface area contributed by atoms with Crippen molar-refractivity contribution in [2.45, 2.75) is 13.0 Å². The van der Waals surface area contributed by atoms with Gasteiger partial charge in [0.15, 0.2) is 5.82 Å². The van der Waals surface area contributed by atoms with Crippen LogP contribution in [-0.4, -0.2) is 53.4 Å². The number of benzene rings is 1. The molecule has 2 heterocycles. The third kappa shape index (κ3) is 4.98. The van der Waals surface area contributed by atoms with Crippen molar-refractivity contribution < 1.29 is 9.84 Å². The molecule has 0 saturated carbocycles. The maximum Gasteiger partial charge on any atom is 0.162 e. The summed E-state index contributed by atoms with van der Waals surface area (Å²) < 4.78 is 5.69. The second-order valence-corrected chi connectivity index (χ2v) is 6.64. The largest absolute Gasteiger partial charge is 0.491 e. The van der Waals surface area contributed by atoms with Crippen LogP contribution in [0.15, 0.2) is 42.6 Å². The number of likely N-dealkylation sites (N-methyl/N-ethyl adjacent to an activating group) is 1. The van der Waals surface area contributed by atoms with E-state index in [1.807, 2.05) is 50.4 Å². The van der Waals surface area contributed by atoms with Gasteiger partial charge >= 0.3 is 0 Å². The molecule has 29 heavy (non-hydrogen) atoms. The molecule has 5 N–H and O–H groups in total. The molecule has 1 unspecified atom stereocenters. The van der Waals surface area contributed by atoms with Crippen LogP contribution in [0.4, 0.5) is 11.6 Å². The van der Waals surface area contributed by atoms with Gasteiger partial charge in [-0.15, -0.1) is 0 Å². The van der Waals surface area contributed by atoms with Gasteiger partial charge in [0.1, 0.15) is 30.1 Å². The van der Waals surface area contributed by atoms with Gasteiger partial charge in [0.05, 0.1) is 5.69 Å². The molecule has 0 spiro atoms. The zero-order valence-electron chi connectivity index (χ0n) is 16.8. The van der Waals surface area contributed by atoms with Crippen molar-refractivity contribution in [1.29, 1.82) is 0 Å². The predicted octanol–water partition coefficient (Wildman–Crippen LogP) is 2.10. The first-order valence-electron chi connectivity index (χ1n) is 9.36. The Hall–Kier alpha value is -3.23. The van der Waals surface area contributed by atoms with E-state index in [1.165, 1.54) is 0 Å². The second-order valence-electron chi connectivity index (χ2n) is 6.64. The Balaban J connectivity index is 1.93. The number of pyridine rings is 1. The standard InChI is InChI=1S/C21H26N6O2/c1-13-19(14-7-8-25-18(10-14)24-3)26-21(27-20(13)22)15-5-4-6-17(9-15)29-12-16(28)11-23-2/h4-10,16,23,28H,11-12H2,1-3H3,(H,24,25)(H2,22,26,27). The van der Waals surface area contributed by atoms with E-state index in [4.69, 9.17) is 15.5 Å². The molecule has 8 heteroatoms. The maximum absolute atomic E-state index is 9.83. The number of aliphatic hydroxyl groups excluding tert-OH is 1. The molecule has 0 aliphatic rings. The molecule has 1 atom stereocenters. The number of nitrogen functional groups attached to an aromatic ring is 1. The Bertz CT molecular complexity index is 979. The number of hydrogen-bond donors (Lipinski definition) is 4. The molecule has 0 aliphatic carbocycles. The predicted molar refractivity (Wildman–Crippen MR) is 115 cm³/mol. The van der Waals surface area contributed by atoms with E-state index < -0.39 is 6.10 Å². The summed E-state index contributed by atoms with van der Waals surface area (Å²) in [7, 11) is 3.60. The molecule has 0 bridgehead atoms. The summed E-state index contributed by atoms with van der Waals surface area (Å²) in [5.74, 6) is 2.30. The van der Waals surface area contributed by atoms with Gasteiger partial charge < -0.3 is 26.2 Å². The van der Waals surface area contributed by atoms with Crippen molar-refractivity contribution >= 4 is 11.6 Å². The number of aromatic nitrogens is 3. The molecule has 0 radical (unpaired) electrons. The van der Waals surface area contributed by atoms with E-state index in [2.05, 4.69) is 20.6 Å².